The molecule has 0 aliphatic heterocycles. The zero-order valence-corrected chi connectivity index (χ0v) is 13.6. The third-order valence-corrected chi connectivity index (χ3v) is 4.26. The monoisotopic (exact) mass is 301 g/mol. The summed E-state index contributed by atoms with van der Waals surface area (Å²) in [4.78, 5) is 11.4. The van der Waals surface area contributed by atoms with Crippen molar-refractivity contribution >= 4 is 16.9 Å². The second-order valence-electron chi connectivity index (χ2n) is 6.02. The predicted octanol–water partition coefficient (Wildman–Crippen LogP) is 5.48. The van der Waals surface area contributed by atoms with Crippen molar-refractivity contribution in [3.63, 3.8) is 0 Å². The number of carboxylic acids is 1. The van der Waals surface area contributed by atoms with Gasteiger partial charge in [-0.1, -0.05) is 70.1 Å². The van der Waals surface area contributed by atoms with Crippen molar-refractivity contribution in [2.45, 2.75) is 64.8 Å². The quantitative estimate of drug-likeness (QED) is 0.590. The van der Waals surface area contributed by atoms with Crippen LogP contribution in [-0.4, -0.2) is 15.6 Å². The zero-order valence-electron chi connectivity index (χ0n) is 13.6. The highest BCUT2D eigenvalue weighted by Crippen LogP contribution is 2.21. The van der Waals surface area contributed by atoms with E-state index in [2.05, 4.69) is 6.92 Å². The average molecular weight is 301 g/mol. The van der Waals surface area contributed by atoms with Gasteiger partial charge in [0.05, 0.1) is 0 Å². The van der Waals surface area contributed by atoms with Crippen molar-refractivity contribution in [3.05, 3.63) is 36.0 Å². The predicted molar refractivity (Wildman–Crippen MR) is 91.5 cm³/mol. The van der Waals surface area contributed by atoms with Crippen molar-refractivity contribution in [1.29, 1.82) is 0 Å². The Bertz CT molecular complexity index is 601. The Morgan fingerprint density at radius 1 is 1.00 bits per heavy atom. The largest absolute Gasteiger partial charge is 0.477 e. The summed E-state index contributed by atoms with van der Waals surface area (Å²) in [5.41, 5.74) is 1.44. The van der Waals surface area contributed by atoms with Crippen LogP contribution >= 0.6 is 0 Å². The highest BCUT2D eigenvalue weighted by molar-refractivity contribution is 5.94. The van der Waals surface area contributed by atoms with Crippen LogP contribution in [0.2, 0.25) is 0 Å². The van der Waals surface area contributed by atoms with Crippen molar-refractivity contribution < 1.29 is 9.90 Å². The van der Waals surface area contributed by atoms with Crippen LogP contribution in [0, 0.1) is 0 Å². The first-order valence-corrected chi connectivity index (χ1v) is 8.55. The molecule has 2 aromatic rings. The maximum atomic E-state index is 11.4. The fourth-order valence-electron chi connectivity index (χ4n) is 3.03. The van der Waals surface area contributed by atoms with Crippen LogP contribution in [-0.2, 0) is 6.54 Å². The Hall–Kier alpha value is -1.77. The highest BCUT2D eigenvalue weighted by Gasteiger charge is 2.13. The smallest absolute Gasteiger partial charge is 0.352 e. The van der Waals surface area contributed by atoms with Gasteiger partial charge in [0, 0.05) is 17.4 Å². The Kier molecular flexibility index (Phi) is 6.50. The highest BCUT2D eigenvalue weighted by atomic mass is 16.4. The fourth-order valence-corrected chi connectivity index (χ4v) is 3.03. The number of aromatic carboxylic acids is 1. The van der Waals surface area contributed by atoms with Crippen LogP contribution in [0.3, 0.4) is 0 Å². The van der Waals surface area contributed by atoms with E-state index in [9.17, 15) is 9.90 Å². The van der Waals surface area contributed by atoms with Gasteiger partial charge in [0.1, 0.15) is 5.69 Å². The molecule has 0 atom stereocenters. The number of para-hydroxylation sites is 1. The normalized spacial score (nSPS) is 11.1. The number of aromatic nitrogens is 1. The molecule has 1 aromatic carbocycles. The van der Waals surface area contributed by atoms with Crippen LogP contribution in [0.25, 0.3) is 10.9 Å². The molecule has 1 N–H and O–H groups in total. The first kappa shape index (κ1) is 16.6. The maximum Gasteiger partial charge on any atom is 0.352 e. The Morgan fingerprint density at radius 2 is 1.64 bits per heavy atom. The molecule has 3 heteroatoms. The van der Waals surface area contributed by atoms with E-state index in [1.165, 1.54) is 44.9 Å². The first-order chi connectivity index (χ1) is 10.7. The van der Waals surface area contributed by atoms with Crippen molar-refractivity contribution in [2.24, 2.45) is 0 Å². The van der Waals surface area contributed by atoms with Crippen molar-refractivity contribution in [2.75, 3.05) is 0 Å². The molecule has 0 unspecified atom stereocenters. The maximum absolute atomic E-state index is 11.4. The lowest BCUT2D eigenvalue weighted by atomic mass is 10.1. The minimum atomic E-state index is -0.837. The number of rotatable bonds is 10. The molecule has 0 bridgehead atoms. The fraction of sp³-hybridized carbons (Fsp3) is 0.526. The summed E-state index contributed by atoms with van der Waals surface area (Å²) in [5, 5.41) is 10.4. The number of carbonyl (C=O) groups is 1. The molecule has 0 amide bonds. The van der Waals surface area contributed by atoms with Crippen LogP contribution in [0.5, 0.6) is 0 Å². The van der Waals surface area contributed by atoms with Gasteiger partial charge >= 0.3 is 5.97 Å². The van der Waals surface area contributed by atoms with Gasteiger partial charge in [-0.05, 0) is 18.6 Å². The molecule has 1 heterocycles. The Balaban J connectivity index is 1.86. The summed E-state index contributed by atoms with van der Waals surface area (Å²) in [7, 11) is 0. The standard InChI is InChI=1S/C19H27NO2/c1-2-3-4-5-6-7-8-11-14-20-17-13-10-9-12-16(17)15-18(20)19(21)22/h9-10,12-13,15H,2-8,11,14H2,1H3,(H,21,22). The van der Waals surface area contributed by atoms with Gasteiger partial charge in [-0.2, -0.15) is 0 Å². The molecule has 0 spiro atoms. The van der Waals surface area contributed by atoms with Gasteiger partial charge in [-0.3, -0.25) is 0 Å². The van der Waals surface area contributed by atoms with Crippen LogP contribution < -0.4 is 0 Å². The molecule has 0 aliphatic rings. The molecule has 2 rings (SSSR count). The summed E-state index contributed by atoms with van der Waals surface area (Å²) in [6, 6.07) is 9.69. The van der Waals surface area contributed by atoms with E-state index in [0.717, 1.165) is 23.9 Å². The first-order valence-electron chi connectivity index (χ1n) is 8.55. The van der Waals surface area contributed by atoms with Crippen molar-refractivity contribution in [3.8, 4) is 0 Å². The molecule has 120 valence electrons. The number of hydrogen-bond acceptors (Lipinski definition) is 1. The number of fused-ring (bicyclic) bond motifs is 1. The molecule has 0 fully saturated rings. The zero-order chi connectivity index (χ0) is 15.8. The second kappa shape index (κ2) is 8.62. The van der Waals surface area contributed by atoms with E-state index in [0.29, 0.717) is 5.69 Å². The molecule has 1 aromatic heterocycles. The third kappa shape index (κ3) is 4.36. The van der Waals surface area contributed by atoms with E-state index >= 15 is 0 Å². The summed E-state index contributed by atoms with van der Waals surface area (Å²) in [6.45, 7) is 3.03. The summed E-state index contributed by atoms with van der Waals surface area (Å²) >= 11 is 0. The number of hydrogen-bond donors (Lipinski definition) is 1. The lowest BCUT2D eigenvalue weighted by molar-refractivity contribution is 0.0685. The minimum absolute atomic E-state index is 0.407. The van der Waals surface area contributed by atoms with Gasteiger partial charge in [-0.25, -0.2) is 4.79 Å². The minimum Gasteiger partial charge on any atom is -0.477 e. The van der Waals surface area contributed by atoms with Crippen LogP contribution in [0.15, 0.2) is 30.3 Å². The van der Waals surface area contributed by atoms with E-state index in [1.807, 2.05) is 28.8 Å². The van der Waals surface area contributed by atoms with Crippen LogP contribution in [0.1, 0.15) is 68.8 Å². The number of unbranched alkanes of at least 4 members (excludes halogenated alkanes) is 7. The lowest BCUT2D eigenvalue weighted by Gasteiger charge is -2.08. The van der Waals surface area contributed by atoms with Gasteiger partial charge in [0.25, 0.3) is 0 Å². The molecule has 0 radical (unpaired) electrons. The van der Waals surface area contributed by atoms with Crippen molar-refractivity contribution in [1.82, 2.24) is 4.57 Å². The lowest BCUT2D eigenvalue weighted by Crippen LogP contribution is -2.08. The molecule has 22 heavy (non-hydrogen) atoms. The summed E-state index contributed by atoms with van der Waals surface area (Å²) in [5.74, 6) is -0.837. The Labute approximate surface area is 133 Å². The number of aryl methyl sites for hydroxylation is 1. The average Bonchev–Trinajstić information content (AvgIpc) is 2.89. The molecular weight excluding hydrogens is 274 g/mol. The molecular formula is C19H27NO2. The summed E-state index contributed by atoms with van der Waals surface area (Å²) in [6.07, 6.45) is 10.1. The topological polar surface area (TPSA) is 42.2 Å². The Morgan fingerprint density at radius 3 is 2.32 bits per heavy atom. The third-order valence-electron chi connectivity index (χ3n) is 4.26. The van der Waals surface area contributed by atoms with Crippen LogP contribution in [0.4, 0.5) is 0 Å². The number of nitrogens with zero attached hydrogens (tertiary/aromatic N) is 1. The van der Waals surface area contributed by atoms with E-state index in [-0.39, 0.29) is 0 Å². The van der Waals surface area contributed by atoms with Gasteiger partial charge < -0.3 is 9.67 Å². The van der Waals surface area contributed by atoms with Gasteiger partial charge in [-0.15, -0.1) is 0 Å². The van der Waals surface area contributed by atoms with E-state index < -0.39 is 5.97 Å². The van der Waals surface area contributed by atoms with E-state index in [4.69, 9.17) is 0 Å². The molecule has 0 saturated carbocycles. The number of carboxylic acid groups (broad SMARTS) is 1. The van der Waals surface area contributed by atoms with Gasteiger partial charge in [0.15, 0.2) is 0 Å². The second-order valence-corrected chi connectivity index (χ2v) is 6.02. The van der Waals surface area contributed by atoms with E-state index in [1.54, 1.807) is 6.07 Å². The SMILES string of the molecule is CCCCCCCCCCn1c(C(=O)O)cc2ccccc21. The summed E-state index contributed by atoms with van der Waals surface area (Å²) < 4.78 is 1.95. The molecule has 0 saturated heterocycles. The number of benzene rings is 1. The molecule has 0 aliphatic carbocycles. The van der Waals surface area contributed by atoms with Gasteiger partial charge in [0.2, 0.25) is 0 Å². The molecule has 3 nitrogen and oxygen atoms in total.